The van der Waals surface area contributed by atoms with Gasteiger partial charge in [0, 0.05) is 19.2 Å². The summed E-state index contributed by atoms with van der Waals surface area (Å²) in [5, 5.41) is 14.4. The van der Waals surface area contributed by atoms with Gasteiger partial charge in [0.15, 0.2) is 5.69 Å². The van der Waals surface area contributed by atoms with E-state index in [1.807, 2.05) is 0 Å². The molecular formula is C15H14F3N3O3. The Kier molecular flexibility index (Phi) is 4.91. The Morgan fingerprint density at radius 3 is 2.38 bits per heavy atom. The Balaban J connectivity index is 2.13. The minimum atomic E-state index is -4.53. The fraction of sp³-hybridized carbons (Fsp3) is 0.267. The van der Waals surface area contributed by atoms with Crippen molar-refractivity contribution in [3.8, 4) is 11.3 Å². The van der Waals surface area contributed by atoms with Gasteiger partial charge in [0.1, 0.15) is 0 Å². The van der Waals surface area contributed by atoms with E-state index in [1.165, 1.54) is 31.3 Å². The maximum absolute atomic E-state index is 12.7. The molecule has 0 aliphatic rings. The molecule has 0 fully saturated rings. The number of aliphatic carboxylic acids is 1. The summed E-state index contributed by atoms with van der Waals surface area (Å²) in [6.45, 7) is -0.00735. The summed E-state index contributed by atoms with van der Waals surface area (Å²) in [6.07, 6.45) is -4.72. The Morgan fingerprint density at radius 1 is 1.25 bits per heavy atom. The third-order valence-electron chi connectivity index (χ3n) is 3.24. The van der Waals surface area contributed by atoms with E-state index < -0.39 is 23.7 Å². The number of nitrogens with zero attached hydrogens (tertiary/aromatic N) is 2. The van der Waals surface area contributed by atoms with Crippen LogP contribution in [0.25, 0.3) is 11.3 Å². The van der Waals surface area contributed by atoms with Crippen LogP contribution in [0.5, 0.6) is 0 Å². The molecule has 0 radical (unpaired) electrons. The molecule has 0 aliphatic carbocycles. The van der Waals surface area contributed by atoms with Crippen molar-refractivity contribution in [3.63, 3.8) is 0 Å². The summed E-state index contributed by atoms with van der Waals surface area (Å²) in [5.74, 6) is -1.48. The molecule has 9 heteroatoms. The van der Waals surface area contributed by atoms with Crippen molar-refractivity contribution in [2.75, 3.05) is 6.54 Å². The van der Waals surface area contributed by atoms with Crippen LogP contribution in [0, 0.1) is 0 Å². The Hall–Kier alpha value is -2.84. The molecule has 0 spiro atoms. The van der Waals surface area contributed by atoms with Crippen LogP contribution in [0.3, 0.4) is 0 Å². The maximum Gasteiger partial charge on any atom is 0.435 e. The van der Waals surface area contributed by atoms with Crippen LogP contribution in [0.2, 0.25) is 0 Å². The number of aryl methyl sites for hydroxylation is 1. The smallest absolute Gasteiger partial charge is 0.435 e. The van der Waals surface area contributed by atoms with Crippen molar-refractivity contribution in [3.05, 3.63) is 41.6 Å². The van der Waals surface area contributed by atoms with Gasteiger partial charge in [-0.1, -0.05) is 12.1 Å². The van der Waals surface area contributed by atoms with Crippen LogP contribution in [0.4, 0.5) is 13.2 Å². The number of carboxylic acids is 1. The third kappa shape index (κ3) is 4.12. The maximum atomic E-state index is 12.7. The number of hydrogen-bond donors (Lipinski definition) is 2. The normalized spacial score (nSPS) is 11.3. The van der Waals surface area contributed by atoms with E-state index in [0.717, 1.165) is 10.7 Å². The van der Waals surface area contributed by atoms with Gasteiger partial charge in [-0.2, -0.15) is 18.3 Å². The number of amides is 1. The number of carbonyl (C=O) groups excluding carboxylic acids is 1. The minimum Gasteiger partial charge on any atom is -0.481 e. The zero-order chi connectivity index (χ0) is 17.9. The average Bonchev–Trinajstić information content (AvgIpc) is 2.89. The van der Waals surface area contributed by atoms with Gasteiger partial charge in [-0.3, -0.25) is 14.3 Å². The van der Waals surface area contributed by atoms with E-state index in [-0.39, 0.29) is 24.2 Å². The molecule has 0 saturated heterocycles. The summed E-state index contributed by atoms with van der Waals surface area (Å²) in [7, 11) is 1.40. The second-order valence-electron chi connectivity index (χ2n) is 5.01. The number of benzene rings is 1. The number of rotatable bonds is 5. The molecule has 2 N–H and O–H groups in total. The van der Waals surface area contributed by atoms with Crippen LogP contribution < -0.4 is 5.32 Å². The molecule has 0 unspecified atom stereocenters. The van der Waals surface area contributed by atoms with E-state index >= 15 is 0 Å². The molecule has 0 aliphatic heterocycles. The van der Waals surface area contributed by atoms with Crippen LogP contribution in [-0.4, -0.2) is 33.3 Å². The summed E-state index contributed by atoms with van der Waals surface area (Å²) in [5.41, 5.74) is 0.0283. The fourth-order valence-corrected chi connectivity index (χ4v) is 2.05. The lowest BCUT2D eigenvalue weighted by Crippen LogP contribution is -2.25. The first-order valence-electron chi connectivity index (χ1n) is 6.90. The highest BCUT2D eigenvalue weighted by Gasteiger charge is 2.34. The van der Waals surface area contributed by atoms with E-state index in [9.17, 15) is 22.8 Å². The van der Waals surface area contributed by atoms with Crippen molar-refractivity contribution in [2.45, 2.75) is 12.6 Å². The second kappa shape index (κ2) is 6.73. The van der Waals surface area contributed by atoms with E-state index in [4.69, 9.17) is 5.11 Å². The zero-order valence-corrected chi connectivity index (χ0v) is 12.6. The lowest BCUT2D eigenvalue weighted by Gasteiger charge is -2.05. The first kappa shape index (κ1) is 17.5. The molecule has 0 bridgehead atoms. The van der Waals surface area contributed by atoms with Crippen molar-refractivity contribution in [2.24, 2.45) is 7.05 Å². The van der Waals surface area contributed by atoms with Gasteiger partial charge in [0.2, 0.25) is 0 Å². The molecule has 0 atom stereocenters. The van der Waals surface area contributed by atoms with Gasteiger partial charge in [-0.05, 0) is 23.8 Å². The third-order valence-corrected chi connectivity index (χ3v) is 3.24. The van der Waals surface area contributed by atoms with Crippen molar-refractivity contribution >= 4 is 11.9 Å². The summed E-state index contributed by atoms with van der Waals surface area (Å²) < 4.78 is 39.1. The van der Waals surface area contributed by atoms with E-state index in [0.29, 0.717) is 5.56 Å². The molecule has 1 amide bonds. The molecule has 128 valence electrons. The molecule has 2 aromatic rings. The highest BCUT2D eigenvalue weighted by atomic mass is 19.4. The van der Waals surface area contributed by atoms with Crippen molar-refractivity contribution in [1.29, 1.82) is 0 Å². The first-order chi connectivity index (χ1) is 11.2. The number of hydrogen-bond acceptors (Lipinski definition) is 3. The van der Waals surface area contributed by atoms with Crippen molar-refractivity contribution in [1.82, 2.24) is 15.1 Å². The largest absolute Gasteiger partial charge is 0.481 e. The molecule has 1 heterocycles. The summed E-state index contributed by atoms with van der Waals surface area (Å²) in [6, 6.07) is 6.84. The molecule has 1 aromatic carbocycles. The number of nitrogens with one attached hydrogen (secondary N) is 1. The quantitative estimate of drug-likeness (QED) is 0.874. The molecule has 1 aromatic heterocycles. The van der Waals surface area contributed by atoms with Crippen LogP contribution in [-0.2, 0) is 18.0 Å². The van der Waals surface area contributed by atoms with E-state index in [1.54, 1.807) is 0 Å². The lowest BCUT2D eigenvalue weighted by molar-refractivity contribution is -0.141. The van der Waals surface area contributed by atoms with Crippen LogP contribution >= 0.6 is 0 Å². The fourth-order valence-electron chi connectivity index (χ4n) is 2.05. The standard InChI is InChI=1S/C15H14F3N3O3/c1-21-11(8-12(20-21)15(16,17)18)9-2-4-10(5-3-9)14(24)19-7-6-13(22)23/h2-5,8H,6-7H2,1H3,(H,19,24)(H,22,23). The molecule has 2 rings (SSSR count). The Labute approximate surface area is 134 Å². The predicted octanol–water partition coefficient (Wildman–Crippen LogP) is 2.31. The average molecular weight is 341 g/mol. The first-order valence-corrected chi connectivity index (χ1v) is 6.90. The highest BCUT2D eigenvalue weighted by molar-refractivity contribution is 5.94. The van der Waals surface area contributed by atoms with Gasteiger partial charge >= 0.3 is 12.1 Å². The van der Waals surface area contributed by atoms with Crippen LogP contribution in [0.15, 0.2) is 30.3 Å². The second-order valence-corrected chi connectivity index (χ2v) is 5.01. The van der Waals surface area contributed by atoms with Gasteiger partial charge in [0.05, 0.1) is 12.1 Å². The number of carboxylic acid groups (broad SMARTS) is 1. The molecule has 24 heavy (non-hydrogen) atoms. The van der Waals surface area contributed by atoms with E-state index in [2.05, 4.69) is 10.4 Å². The number of carbonyl (C=O) groups is 2. The van der Waals surface area contributed by atoms with Gasteiger partial charge in [-0.15, -0.1) is 0 Å². The summed E-state index contributed by atoms with van der Waals surface area (Å²) >= 11 is 0. The highest BCUT2D eigenvalue weighted by Crippen LogP contribution is 2.31. The van der Waals surface area contributed by atoms with Gasteiger partial charge < -0.3 is 10.4 Å². The van der Waals surface area contributed by atoms with Gasteiger partial charge in [0.25, 0.3) is 5.91 Å². The number of alkyl halides is 3. The van der Waals surface area contributed by atoms with Crippen LogP contribution in [0.1, 0.15) is 22.5 Å². The topological polar surface area (TPSA) is 84.2 Å². The Morgan fingerprint density at radius 2 is 1.88 bits per heavy atom. The minimum absolute atomic E-state index is 0.00735. The Bertz CT molecular complexity index is 752. The molecule has 6 nitrogen and oxygen atoms in total. The zero-order valence-electron chi connectivity index (χ0n) is 12.6. The predicted molar refractivity (Wildman–Crippen MR) is 78.2 cm³/mol. The van der Waals surface area contributed by atoms with Crippen molar-refractivity contribution < 1.29 is 27.9 Å². The monoisotopic (exact) mass is 341 g/mol. The van der Waals surface area contributed by atoms with Gasteiger partial charge in [-0.25, -0.2) is 0 Å². The molecular weight excluding hydrogens is 327 g/mol. The lowest BCUT2D eigenvalue weighted by atomic mass is 10.1. The number of aromatic nitrogens is 2. The number of halogens is 3. The molecule has 0 saturated carbocycles. The SMILES string of the molecule is Cn1nc(C(F)(F)F)cc1-c1ccc(C(=O)NCCC(=O)O)cc1. The summed E-state index contributed by atoms with van der Waals surface area (Å²) in [4.78, 5) is 22.2.